The lowest BCUT2D eigenvalue weighted by Gasteiger charge is -2.13. The summed E-state index contributed by atoms with van der Waals surface area (Å²) >= 11 is 2.52. The Bertz CT molecular complexity index is 99.6. The van der Waals surface area contributed by atoms with E-state index in [2.05, 4.69) is 27.5 Å². The molecule has 1 unspecified atom stereocenters. The summed E-state index contributed by atoms with van der Waals surface area (Å²) in [4.78, 5) is 2.46. The molecule has 10 heavy (non-hydrogen) atoms. The van der Waals surface area contributed by atoms with Gasteiger partial charge in [0.15, 0.2) is 0 Å². The van der Waals surface area contributed by atoms with Crippen LogP contribution in [0.25, 0.3) is 0 Å². The van der Waals surface area contributed by atoms with E-state index < -0.39 is 0 Å². The molecule has 2 nitrogen and oxygen atoms in total. The smallest absolute Gasteiger partial charge is 0.0589 e. The lowest BCUT2D eigenvalue weighted by molar-refractivity contribution is 0.161. The van der Waals surface area contributed by atoms with Gasteiger partial charge < -0.3 is 4.74 Å². The molecular weight excluding hydrogens is 241 g/mol. The topological polar surface area (TPSA) is 12.5 Å². The SMILES string of the molecule is COCCN1CCC(I)C1. The fourth-order valence-electron chi connectivity index (χ4n) is 1.21. The average molecular weight is 255 g/mol. The van der Waals surface area contributed by atoms with Crippen LogP contribution in [0.4, 0.5) is 0 Å². The number of rotatable bonds is 3. The summed E-state index contributed by atoms with van der Waals surface area (Å²) in [6.07, 6.45) is 1.35. The van der Waals surface area contributed by atoms with Crippen LogP contribution in [0.3, 0.4) is 0 Å². The zero-order valence-electron chi connectivity index (χ0n) is 6.35. The molecule has 0 amide bonds. The van der Waals surface area contributed by atoms with E-state index in [0.717, 1.165) is 17.1 Å². The summed E-state index contributed by atoms with van der Waals surface area (Å²) in [6, 6.07) is 0. The Labute approximate surface area is 76.1 Å². The van der Waals surface area contributed by atoms with Crippen molar-refractivity contribution in [3.63, 3.8) is 0 Å². The Hall–Kier alpha value is 0.650. The molecule has 0 spiro atoms. The number of hydrogen-bond acceptors (Lipinski definition) is 2. The summed E-state index contributed by atoms with van der Waals surface area (Å²) in [5.41, 5.74) is 0. The van der Waals surface area contributed by atoms with Crippen LogP contribution in [0.1, 0.15) is 6.42 Å². The molecule has 0 aromatic rings. The van der Waals surface area contributed by atoms with Crippen LogP contribution >= 0.6 is 22.6 Å². The van der Waals surface area contributed by atoms with Crippen molar-refractivity contribution in [3.05, 3.63) is 0 Å². The second-order valence-electron chi connectivity index (χ2n) is 2.68. The fourth-order valence-corrected chi connectivity index (χ4v) is 2.04. The molecule has 0 aromatic carbocycles. The Kier molecular flexibility index (Phi) is 3.95. The Morgan fingerprint density at radius 2 is 2.50 bits per heavy atom. The Morgan fingerprint density at radius 1 is 1.70 bits per heavy atom. The molecule has 0 saturated carbocycles. The number of ether oxygens (including phenoxy) is 1. The van der Waals surface area contributed by atoms with E-state index in [0.29, 0.717) is 0 Å². The van der Waals surface area contributed by atoms with Crippen LogP contribution in [-0.4, -0.2) is 42.2 Å². The first-order valence-corrected chi connectivity index (χ1v) is 4.93. The zero-order valence-corrected chi connectivity index (χ0v) is 8.50. The van der Waals surface area contributed by atoms with Crippen LogP contribution in [0, 0.1) is 0 Å². The van der Waals surface area contributed by atoms with Gasteiger partial charge in [0.25, 0.3) is 0 Å². The monoisotopic (exact) mass is 255 g/mol. The minimum absolute atomic E-state index is 0.870. The maximum atomic E-state index is 4.99. The number of alkyl halides is 1. The molecule has 0 aliphatic carbocycles. The normalized spacial score (nSPS) is 27.6. The summed E-state index contributed by atoms with van der Waals surface area (Å²) in [6.45, 7) is 4.50. The quantitative estimate of drug-likeness (QED) is 0.554. The van der Waals surface area contributed by atoms with E-state index in [1.807, 2.05) is 0 Å². The molecule has 1 heterocycles. The van der Waals surface area contributed by atoms with Gasteiger partial charge in [-0.15, -0.1) is 0 Å². The van der Waals surface area contributed by atoms with Gasteiger partial charge in [-0.25, -0.2) is 0 Å². The average Bonchev–Trinajstić information content (AvgIpc) is 2.31. The van der Waals surface area contributed by atoms with Crippen molar-refractivity contribution in [3.8, 4) is 0 Å². The standard InChI is InChI=1S/C7H14INO/c1-10-5-4-9-3-2-7(8)6-9/h7H,2-6H2,1H3. The molecule has 1 fully saturated rings. The first-order valence-electron chi connectivity index (χ1n) is 3.68. The first kappa shape index (κ1) is 8.74. The second-order valence-corrected chi connectivity index (χ2v) is 4.44. The largest absolute Gasteiger partial charge is 0.383 e. The predicted octanol–water partition coefficient (Wildman–Crippen LogP) is 1.14. The summed E-state index contributed by atoms with van der Waals surface area (Å²) in [5, 5.41) is 0. The fraction of sp³-hybridized carbons (Fsp3) is 1.00. The van der Waals surface area contributed by atoms with Crippen LogP contribution in [0.2, 0.25) is 0 Å². The van der Waals surface area contributed by atoms with Gasteiger partial charge in [-0.3, -0.25) is 4.90 Å². The van der Waals surface area contributed by atoms with E-state index >= 15 is 0 Å². The first-order chi connectivity index (χ1) is 4.83. The van der Waals surface area contributed by atoms with Crippen molar-refractivity contribution in [2.24, 2.45) is 0 Å². The van der Waals surface area contributed by atoms with Gasteiger partial charge in [-0.1, -0.05) is 22.6 Å². The molecule has 0 aromatic heterocycles. The van der Waals surface area contributed by atoms with Gasteiger partial charge >= 0.3 is 0 Å². The highest BCUT2D eigenvalue weighted by atomic mass is 127. The minimum Gasteiger partial charge on any atom is -0.383 e. The maximum absolute atomic E-state index is 4.99. The number of halogens is 1. The number of hydrogen-bond donors (Lipinski definition) is 0. The van der Waals surface area contributed by atoms with E-state index in [1.54, 1.807) is 7.11 Å². The third kappa shape index (κ3) is 2.72. The van der Waals surface area contributed by atoms with Crippen LogP contribution in [0.5, 0.6) is 0 Å². The van der Waals surface area contributed by atoms with E-state index in [1.165, 1.54) is 19.5 Å². The van der Waals surface area contributed by atoms with Crippen molar-refractivity contribution >= 4 is 22.6 Å². The van der Waals surface area contributed by atoms with Gasteiger partial charge in [0, 0.05) is 24.1 Å². The third-order valence-corrected chi connectivity index (χ3v) is 2.84. The highest BCUT2D eigenvalue weighted by Crippen LogP contribution is 2.15. The number of methoxy groups -OCH3 is 1. The molecule has 0 N–H and O–H groups in total. The van der Waals surface area contributed by atoms with Crippen molar-refractivity contribution in [2.45, 2.75) is 10.3 Å². The van der Waals surface area contributed by atoms with Gasteiger partial charge in [-0.05, 0) is 13.0 Å². The molecule has 0 bridgehead atoms. The van der Waals surface area contributed by atoms with Crippen molar-refractivity contribution in [2.75, 3.05) is 33.4 Å². The minimum atomic E-state index is 0.870. The lowest BCUT2D eigenvalue weighted by Crippen LogP contribution is -2.24. The molecule has 0 radical (unpaired) electrons. The molecule has 1 aliphatic heterocycles. The summed E-state index contributed by atoms with van der Waals surface area (Å²) in [5.74, 6) is 0. The van der Waals surface area contributed by atoms with Gasteiger partial charge in [0.2, 0.25) is 0 Å². The summed E-state index contributed by atoms with van der Waals surface area (Å²) in [7, 11) is 1.76. The van der Waals surface area contributed by atoms with E-state index in [4.69, 9.17) is 4.74 Å². The van der Waals surface area contributed by atoms with Crippen LogP contribution in [0.15, 0.2) is 0 Å². The molecular formula is C7H14INO. The second kappa shape index (κ2) is 4.51. The van der Waals surface area contributed by atoms with Gasteiger partial charge in [0.05, 0.1) is 6.61 Å². The Morgan fingerprint density at radius 3 is 3.00 bits per heavy atom. The molecule has 60 valence electrons. The molecule has 1 saturated heterocycles. The number of likely N-dealkylation sites (tertiary alicyclic amines) is 1. The number of nitrogens with zero attached hydrogens (tertiary/aromatic N) is 1. The summed E-state index contributed by atoms with van der Waals surface area (Å²) < 4.78 is 5.86. The highest BCUT2D eigenvalue weighted by Gasteiger charge is 2.18. The van der Waals surface area contributed by atoms with Crippen molar-refractivity contribution in [1.82, 2.24) is 4.90 Å². The third-order valence-electron chi connectivity index (χ3n) is 1.83. The van der Waals surface area contributed by atoms with Crippen LogP contribution < -0.4 is 0 Å². The lowest BCUT2D eigenvalue weighted by atomic mass is 10.4. The zero-order chi connectivity index (χ0) is 7.40. The van der Waals surface area contributed by atoms with Gasteiger partial charge in [0.1, 0.15) is 0 Å². The predicted molar refractivity (Wildman–Crippen MR) is 50.7 cm³/mol. The molecule has 1 rings (SSSR count). The Balaban J connectivity index is 2.06. The van der Waals surface area contributed by atoms with Crippen molar-refractivity contribution in [1.29, 1.82) is 0 Å². The maximum Gasteiger partial charge on any atom is 0.0589 e. The van der Waals surface area contributed by atoms with E-state index in [9.17, 15) is 0 Å². The molecule has 1 atom stereocenters. The van der Waals surface area contributed by atoms with Crippen molar-refractivity contribution < 1.29 is 4.74 Å². The van der Waals surface area contributed by atoms with E-state index in [-0.39, 0.29) is 0 Å². The van der Waals surface area contributed by atoms with Crippen LogP contribution in [-0.2, 0) is 4.74 Å². The highest BCUT2D eigenvalue weighted by molar-refractivity contribution is 14.1. The molecule has 3 heteroatoms. The molecule has 1 aliphatic rings. The van der Waals surface area contributed by atoms with Gasteiger partial charge in [-0.2, -0.15) is 0 Å².